The zero-order valence-corrected chi connectivity index (χ0v) is 9.78. The molecule has 0 saturated carbocycles. The maximum absolute atomic E-state index is 5.66. The quantitative estimate of drug-likeness (QED) is 0.845. The molecule has 1 aliphatic heterocycles. The number of ether oxygens (including phenoxy) is 1. The van der Waals surface area contributed by atoms with Crippen molar-refractivity contribution in [3.63, 3.8) is 0 Å². The third-order valence-corrected chi connectivity index (χ3v) is 3.29. The fourth-order valence-electron chi connectivity index (χ4n) is 2.28. The van der Waals surface area contributed by atoms with Gasteiger partial charge in [-0.2, -0.15) is 4.98 Å². The number of benzene rings is 1. The summed E-state index contributed by atoms with van der Waals surface area (Å²) in [5, 5.41) is 3.36. The first-order valence-electron chi connectivity index (χ1n) is 6.20. The molecule has 1 unspecified atom stereocenters. The minimum absolute atomic E-state index is 0.636. The fraction of sp³-hybridized carbons (Fsp3) is 0.462. The summed E-state index contributed by atoms with van der Waals surface area (Å²) in [5.41, 5.74) is 2.00. The van der Waals surface area contributed by atoms with E-state index in [1.165, 1.54) is 6.42 Å². The van der Waals surface area contributed by atoms with Gasteiger partial charge in [-0.25, -0.2) is 0 Å². The standard InChI is InChI=1S/C13H17N3O/c1-2-4-12-11(3-1)15-13(16-12)17-8-6-10-5-7-14-9-10/h1-4,10,14H,5-9H2,(H,15,16). The molecule has 1 aromatic carbocycles. The van der Waals surface area contributed by atoms with Crippen LogP contribution >= 0.6 is 0 Å². The van der Waals surface area contributed by atoms with E-state index in [0.717, 1.165) is 43.1 Å². The second-order valence-corrected chi connectivity index (χ2v) is 4.56. The molecule has 90 valence electrons. The van der Waals surface area contributed by atoms with Crippen LogP contribution in [-0.4, -0.2) is 29.7 Å². The van der Waals surface area contributed by atoms with Crippen LogP contribution in [-0.2, 0) is 0 Å². The van der Waals surface area contributed by atoms with Crippen molar-refractivity contribution in [2.24, 2.45) is 5.92 Å². The predicted molar refractivity (Wildman–Crippen MR) is 67.2 cm³/mol. The summed E-state index contributed by atoms with van der Waals surface area (Å²) in [4.78, 5) is 7.56. The van der Waals surface area contributed by atoms with Crippen LogP contribution in [0.25, 0.3) is 11.0 Å². The highest BCUT2D eigenvalue weighted by molar-refractivity contribution is 5.75. The van der Waals surface area contributed by atoms with Crippen LogP contribution in [0.1, 0.15) is 12.8 Å². The molecule has 1 aromatic heterocycles. The first kappa shape index (κ1) is 10.6. The first-order valence-corrected chi connectivity index (χ1v) is 6.20. The predicted octanol–water partition coefficient (Wildman–Crippen LogP) is 1.94. The average Bonchev–Trinajstić information content (AvgIpc) is 2.96. The normalized spacial score (nSPS) is 19.9. The Kier molecular flexibility index (Phi) is 2.96. The molecular formula is C13H17N3O. The van der Waals surface area contributed by atoms with Crippen LogP contribution in [0.2, 0.25) is 0 Å². The summed E-state index contributed by atoms with van der Waals surface area (Å²) < 4.78 is 5.66. The Morgan fingerprint density at radius 3 is 3.12 bits per heavy atom. The van der Waals surface area contributed by atoms with E-state index in [1.54, 1.807) is 0 Å². The smallest absolute Gasteiger partial charge is 0.294 e. The molecule has 4 heteroatoms. The van der Waals surface area contributed by atoms with Crippen molar-refractivity contribution in [3.8, 4) is 6.01 Å². The molecule has 2 heterocycles. The van der Waals surface area contributed by atoms with Crippen LogP contribution in [0.5, 0.6) is 6.01 Å². The molecule has 1 atom stereocenters. The number of para-hydroxylation sites is 2. The van der Waals surface area contributed by atoms with Gasteiger partial charge in [0.15, 0.2) is 0 Å². The molecule has 0 bridgehead atoms. The maximum Gasteiger partial charge on any atom is 0.294 e. The first-order chi connectivity index (χ1) is 8.42. The topological polar surface area (TPSA) is 49.9 Å². The lowest BCUT2D eigenvalue weighted by molar-refractivity contribution is 0.267. The van der Waals surface area contributed by atoms with Gasteiger partial charge in [0.1, 0.15) is 0 Å². The maximum atomic E-state index is 5.66. The van der Waals surface area contributed by atoms with Crippen molar-refractivity contribution < 1.29 is 4.74 Å². The van der Waals surface area contributed by atoms with Gasteiger partial charge in [-0.15, -0.1) is 0 Å². The van der Waals surface area contributed by atoms with Crippen LogP contribution in [0.4, 0.5) is 0 Å². The van der Waals surface area contributed by atoms with E-state index in [-0.39, 0.29) is 0 Å². The molecule has 1 fully saturated rings. The molecule has 0 spiro atoms. The van der Waals surface area contributed by atoms with Crippen molar-refractivity contribution in [3.05, 3.63) is 24.3 Å². The number of hydrogen-bond donors (Lipinski definition) is 2. The Bertz CT molecular complexity index is 455. The molecule has 1 saturated heterocycles. The van der Waals surface area contributed by atoms with Gasteiger partial charge in [0, 0.05) is 0 Å². The average molecular weight is 231 g/mol. The second-order valence-electron chi connectivity index (χ2n) is 4.56. The highest BCUT2D eigenvalue weighted by atomic mass is 16.5. The second kappa shape index (κ2) is 4.75. The number of fused-ring (bicyclic) bond motifs is 1. The van der Waals surface area contributed by atoms with E-state index >= 15 is 0 Å². The summed E-state index contributed by atoms with van der Waals surface area (Å²) in [6.07, 6.45) is 2.37. The molecule has 4 nitrogen and oxygen atoms in total. The summed E-state index contributed by atoms with van der Waals surface area (Å²) in [6.45, 7) is 3.02. The van der Waals surface area contributed by atoms with Gasteiger partial charge in [-0.1, -0.05) is 12.1 Å². The number of aromatic amines is 1. The molecule has 0 aliphatic carbocycles. The Morgan fingerprint density at radius 1 is 1.35 bits per heavy atom. The lowest BCUT2D eigenvalue weighted by atomic mass is 10.1. The molecule has 3 rings (SSSR count). The zero-order valence-electron chi connectivity index (χ0n) is 9.78. The van der Waals surface area contributed by atoms with Crippen LogP contribution < -0.4 is 10.1 Å². The Balaban J connectivity index is 1.57. The van der Waals surface area contributed by atoms with Gasteiger partial charge in [0.05, 0.1) is 17.6 Å². The third-order valence-electron chi connectivity index (χ3n) is 3.29. The minimum atomic E-state index is 0.636. The molecule has 2 N–H and O–H groups in total. The van der Waals surface area contributed by atoms with Crippen molar-refractivity contribution in [1.82, 2.24) is 15.3 Å². The van der Waals surface area contributed by atoms with Crippen molar-refractivity contribution >= 4 is 11.0 Å². The van der Waals surface area contributed by atoms with Gasteiger partial charge >= 0.3 is 0 Å². The Labute approximate surface area is 100 Å². The van der Waals surface area contributed by atoms with E-state index in [1.807, 2.05) is 24.3 Å². The van der Waals surface area contributed by atoms with Crippen LogP contribution in [0.15, 0.2) is 24.3 Å². The number of nitrogens with zero attached hydrogens (tertiary/aromatic N) is 1. The van der Waals surface area contributed by atoms with Gasteiger partial charge < -0.3 is 15.0 Å². The number of nitrogens with one attached hydrogen (secondary N) is 2. The van der Waals surface area contributed by atoms with Crippen LogP contribution in [0.3, 0.4) is 0 Å². The SMILES string of the molecule is c1ccc2[nH]c(OCCC3CCNC3)nc2c1. The van der Waals surface area contributed by atoms with Gasteiger partial charge in [0.25, 0.3) is 6.01 Å². The van der Waals surface area contributed by atoms with Gasteiger partial charge in [-0.3, -0.25) is 0 Å². The van der Waals surface area contributed by atoms with Gasteiger partial charge in [-0.05, 0) is 44.0 Å². The van der Waals surface area contributed by atoms with Crippen molar-refractivity contribution in [2.75, 3.05) is 19.7 Å². The number of imidazole rings is 1. The van der Waals surface area contributed by atoms with E-state index < -0.39 is 0 Å². The number of aromatic nitrogens is 2. The summed E-state index contributed by atoms with van der Waals surface area (Å²) in [7, 11) is 0. The molecule has 0 amide bonds. The fourth-order valence-corrected chi connectivity index (χ4v) is 2.28. The van der Waals surface area contributed by atoms with E-state index in [0.29, 0.717) is 6.01 Å². The highest BCUT2D eigenvalue weighted by Gasteiger charge is 2.14. The third kappa shape index (κ3) is 2.42. The molecular weight excluding hydrogens is 214 g/mol. The number of H-pyrrole nitrogens is 1. The Morgan fingerprint density at radius 2 is 2.29 bits per heavy atom. The molecule has 0 radical (unpaired) electrons. The van der Waals surface area contributed by atoms with Crippen LogP contribution in [0, 0.1) is 5.92 Å². The van der Waals surface area contributed by atoms with Gasteiger partial charge in [0.2, 0.25) is 0 Å². The molecule has 1 aliphatic rings. The van der Waals surface area contributed by atoms with E-state index in [4.69, 9.17) is 4.74 Å². The van der Waals surface area contributed by atoms with E-state index in [9.17, 15) is 0 Å². The number of hydrogen-bond acceptors (Lipinski definition) is 3. The molecule has 17 heavy (non-hydrogen) atoms. The lowest BCUT2D eigenvalue weighted by Gasteiger charge is -2.07. The summed E-state index contributed by atoms with van der Waals surface area (Å²) >= 11 is 0. The van der Waals surface area contributed by atoms with E-state index in [2.05, 4.69) is 15.3 Å². The molecule has 2 aromatic rings. The monoisotopic (exact) mass is 231 g/mol. The summed E-state index contributed by atoms with van der Waals surface area (Å²) in [6, 6.07) is 8.61. The summed E-state index contributed by atoms with van der Waals surface area (Å²) in [5.74, 6) is 0.763. The van der Waals surface area contributed by atoms with Crippen molar-refractivity contribution in [1.29, 1.82) is 0 Å². The number of rotatable bonds is 4. The lowest BCUT2D eigenvalue weighted by Crippen LogP contribution is -2.11. The Hall–Kier alpha value is -1.55. The zero-order chi connectivity index (χ0) is 11.5. The largest absolute Gasteiger partial charge is 0.465 e. The minimum Gasteiger partial charge on any atom is -0.465 e. The van der Waals surface area contributed by atoms with Crippen molar-refractivity contribution in [2.45, 2.75) is 12.8 Å². The highest BCUT2D eigenvalue weighted by Crippen LogP contribution is 2.16.